The fourth-order valence-corrected chi connectivity index (χ4v) is 2.66. The molecule has 1 aliphatic rings. The molecule has 0 saturated heterocycles. The molecule has 0 spiro atoms. The van der Waals surface area contributed by atoms with Crippen molar-refractivity contribution in [3.8, 4) is 6.07 Å². The fourth-order valence-electron chi connectivity index (χ4n) is 1.90. The molecular formula is C12H16N2S. The molecule has 15 heavy (non-hydrogen) atoms. The Morgan fingerprint density at radius 2 is 2.40 bits per heavy atom. The lowest BCUT2D eigenvalue weighted by Crippen LogP contribution is -2.36. The summed E-state index contributed by atoms with van der Waals surface area (Å²) in [6.45, 7) is 3.17. The Labute approximate surface area is 94.9 Å². The summed E-state index contributed by atoms with van der Waals surface area (Å²) >= 11 is 1.59. The molecule has 0 amide bonds. The van der Waals surface area contributed by atoms with Gasteiger partial charge in [-0.15, -0.1) is 11.3 Å². The maximum absolute atomic E-state index is 8.70. The van der Waals surface area contributed by atoms with Crippen LogP contribution in [-0.2, 0) is 6.54 Å². The summed E-state index contributed by atoms with van der Waals surface area (Å²) in [4.78, 5) is 2.07. The van der Waals surface area contributed by atoms with E-state index in [0.29, 0.717) is 6.04 Å². The lowest BCUT2D eigenvalue weighted by Gasteiger charge is -2.31. The SMILES string of the molecule is CC(NCc1ccc(C#N)s1)C1CCC1. The molecule has 0 radical (unpaired) electrons. The van der Waals surface area contributed by atoms with Crippen molar-refractivity contribution in [2.24, 2.45) is 5.92 Å². The molecule has 2 rings (SSSR count). The van der Waals surface area contributed by atoms with Gasteiger partial charge in [0.15, 0.2) is 0 Å². The molecule has 80 valence electrons. The number of hydrogen-bond acceptors (Lipinski definition) is 3. The fraction of sp³-hybridized carbons (Fsp3) is 0.583. The van der Waals surface area contributed by atoms with Crippen molar-refractivity contribution in [3.05, 3.63) is 21.9 Å². The van der Waals surface area contributed by atoms with Gasteiger partial charge in [-0.05, 0) is 37.8 Å². The maximum atomic E-state index is 8.70. The van der Waals surface area contributed by atoms with Gasteiger partial charge in [-0.25, -0.2) is 0 Å². The summed E-state index contributed by atoms with van der Waals surface area (Å²) in [5, 5.41) is 12.2. The topological polar surface area (TPSA) is 35.8 Å². The molecule has 0 aliphatic heterocycles. The second-order valence-electron chi connectivity index (χ2n) is 4.24. The van der Waals surface area contributed by atoms with Crippen molar-refractivity contribution >= 4 is 11.3 Å². The van der Waals surface area contributed by atoms with Crippen LogP contribution in [-0.4, -0.2) is 6.04 Å². The lowest BCUT2D eigenvalue weighted by atomic mass is 9.80. The number of rotatable bonds is 4. The van der Waals surface area contributed by atoms with E-state index in [1.807, 2.05) is 12.1 Å². The predicted octanol–water partition coefficient (Wildman–Crippen LogP) is 2.90. The highest BCUT2D eigenvalue weighted by atomic mass is 32.1. The molecule has 1 saturated carbocycles. The quantitative estimate of drug-likeness (QED) is 0.847. The molecule has 3 heteroatoms. The van der Waals surface area contributed by atoms with Gasteiger partial charge in [0, 0.05) is 17.5 Å². The zero-order valence-electron chi connectivity index (χ0n) is 8.99. The minimum atomic E-state index is 0.617. The van der Waals surface area contributed by atoms with E-state index in [9.17, 15) is 0 Å². The van der Waals surface area contributed by atoms with Gasteiger partial charge >= 0.3 is 0 Å². The zero-order chi connectivity index (χ0) is 10.7. The second-order valence-corrected chi connectivity index (χ2v) is 5.41. The van der Waals surface area contributed by atoms with Gasteiger partial charge in [0.25, 0.3) is 0 Å². The predicted molar refractivity (Wildman–Crippen MR) is 62.7 cm³/mol. The average Bonchev–Trinajstić information content (AvgIpc) is 2.59. The average molecular weight is 220 g/mol. The van der Waals surface area contributed by atoms with Gasteiger partial charge in [-0.2, -0.15) is 5.26 Å². The lowest BCUT2D eigenvalue weighted by molar-refractivity contribution is 0.240. The Bertz CT molecular complexity index is 360. The highest BCUT2D eigenvalue weighted by molar-refractivity contribution is 7.12. The number of nitrogens with zero attached hydrogens (tertiary/aromatic N) is 1. The first kappa shape index (κ1) is 10.7. The Morgan fingerprint density at radius 3 is 2.93 bits per heavy atom. The molecule has 1 unspecified atom stereocenters. The van der Waals surface area contributed by atoms with Crippen LogP contribution in [0.15, 0.2) is 12.1 Å². The van der Waals surface area contributed by atoms with Gasteiger partial charge in [-0.3, -0.25) is 0 Å². The van der Waals surface area contributed by atoms with E-state index in [1.165, 1.54) is 24.1 Å². The van der Waals surface area contributed by atoms with Crippen LogP contribution in [0.1, 0.15) is 35.9 Å². The second kappa shape index (κ2) is 4.78. The highest BCUT2D eigenvalue weighted by Gasteiger charge is 2.23. The normalized spacial score (nSPS) is 18.1. The van der Waals surface area contributed by atoms with Gasteiger partial charge in [0.2, 0.25) is 0 Å². The van der Waals surface area contributed by atoms with Crippen LogP contribution in [0.2, 0.25) is 0 Å². The van der Waals surface area contributed by atoms with Gasteiger partial charge < -0.3 is 5.32 Å². The Hall–Kier alpha value is -0.850. The van der Waals surface area contributed by atoms with Crippen molar-refractivity contribution in [1.82, 2.24) is 5.32 Å². The standard InChI is InChI=1S/C12H16N2S/c1-9(10-3-2-4-10)14-8-12-6-5-11(7-13)15-12/h5-6,9-10,14H,2-4,8H2,1H3. The van der Waals surface area contributed by atoms with Crippen LogP contribution < -0.4 is 5.32 Å². The largest absolute Gasteiger partial charge is 0.309 e. The van der Waals surface area contributed by atoms with Gasteiger partial charge in [0.05, 0.1) is 0 Å². The number of hydrogen-bond donors (Lipinski definition) is 1. The minimum absolute atomic E-state index is 0.617. The summed E-state index contributed by atoms with van der Waals surface area (Å²) in [7, 11) is 0. The number of nitrogens with one attached hydrogen (secondary N) is 1. The van der Waals surface area contributed by atoms with E-state index >= 15 is 0 Å². The van der Waals surface area contributed by atoms with E-state index in [1.54, 1.807) is 11.3 Å². The van der Waals surface area contributed by atoms with Crippen LogP contribution in [0, 0.1) is 17.2 Å². The van der Waals surface area contributed by atoms with Crippen LogP contribution in [0.25, 0.3) is 0 Å². The van der Waals surface area contributed by atoms with Crippen LogP contribution >= 0.6 is 11.3 Å². The van der Waals surface area contributed by atoms with Crippen molar-refractivity contribution in [2.45, 2.75) is 38.8 Å². The highest BCUT2D eigenvalue weighted by Crippen LogP contribution is 2.29. The first-order valence-corrected chi connectivity index (χ1v) is 6.33. The number of nitriles is 1. The van der Waals surface area contributed by atoms with E-state index < -0.39 is 0 Å². The summed E-state index contributed by atoms with van der Waals surface area (Å²) < 4.78 is 0. The molecule has 1 atom stereocenters. The van der Waals surface area contributed by atoms with E-state index in [4.69, 9.17) is 5.26 Å². The van der Waals surface area contributed by atoms with Crippen molar-refractivity contribution in [3.63, 3.8) is 0 Å². The Balaban J connectivity index is 1.79. The molecule has 1 fully saturated rings. The molecular weight excluding hydrogens is 204 g/mol. The molecule has 1 aromatic heterocycles. The van der Waals surface area contributed by atoms with Crippen LogP contribution in [0.5, 0.6) is 0 Å². The molecule has 1 aliphatic carbocycles. The first-order chi connectivity index (χ1) is 7.29. The van der Waals surface area contributed by atoms with E-state index in [2.05, 4.69) is 18.3 Å². The molecule has 1 aromatic rings. The number of thiophene rings is 1. The molecule has 0 aromatic carbocycles. The maximum Gasteiger partial charge on any atom is 0.110 e. The molecule has 0 bridgehead atoms. The van der Waals surface area contributed by atoms with E-state index in [0.717, 1.165) is 17.3 Å². The van der Waals surface area contributed by atoms with E-state index in [-0.39, 0.29) is 0 Å². The first-order valence-electron chi connectivity index (χ1n) is 5.52. The van der Waals surface area contributed by atoms with Crippen molar-refractivity contribution in [1.29, 1.82) is 5.26 Å². The Morgan fingerprint density at radius 1 is 1.60 bits per heavy atom. The molecule has 1 heterocycles. The minimum Gasteiger partial charge on any atom is -0.309 e. The molecule has 1 N–H and O–H groups in total. The van der Waals surface area contributed by atoms with Gasteiger partial charge in [0.1, 0.15) is 10.9 Å². The van der Waals surface area contributed by atoms with Gasteiger partial charge in [-0.1, -0.05) is 6.42 Å². The summed E-state index contributed by atoms with van der Waals surface area (Å²) in [5.74, 6) is 0.875. The van der Waals surface area contributed by atoms with Crippen molar-refractivity contribution < 1.29 is 0 Å². The van der Waals surface area contributed by atoms with Crippen LogP contribution in [0.3, 0.4) is 0 Å². The Kier molecular flexibility index (Phi) is 3.40. The zero-order valence-corrected chi connectivity index (χ0v) is 9.81. The monoisotopic (exact) mass is 220 g/mol. The summed E-state index contributed by atoms with van der Waals surface area (Å²) in [6.07, 6.45) is 4.15. The third kappa shape index (κ3) is 2.58. The molecule has 2 nitrogen and oxygen atoms in total. The van der Waals surface area contributed by atoms with Crippen LogP contribution in [0.4, 0.5) is 0 Å². The summed E-state index contributed by atoms with van der Waals surface area (Å²) in [5.41, 5.74) is 0. The smallest absolute Gasteiger partial charge is 0.110 e. The third-order valence-electron chi connectivity index (χ3n) is 3.23. The van der Waals surface area contributed by atoms with Crippen molar-refractivity contribution in [2.75, 3.05) is 0 Å². The summed E-state index contributed by atoms with van der Waals surface area (Å²) in [6, 6.07) is 6.73. The third-order valence-corrected chi connectivity index (χ3v) is 4.22.